The van der Waals surface area contributed by atoms with E-state index >= 15 is 0 Å². The molecule has 1 unspecified atom stereocenters. The number of sulfonamides is 1. The monoisotopic (exact) mass is 401 g/mol. The number of carbonyl (C=O) groups excluding carboxylic acids is 1. The van der Waals surface area contributed by atoms with Crippen molar-refractivity contribution in [3.63, 3.8) is 0 Å². The van der Waals surface area contributed by atoms with Crippen LogP contribution in [0.2, 0.25) is 0 Å². The van der Waals surface area contributed by atoms with Gasteiger partial charge in [-0.25, -0.2) is 23.2 Å². The standard InChI is InChI=1S/C15H19N5O4S.ClH/c1-19-7-6-17-14(19)13-10-16-5-8-20(13)25(22,23)11-3-4-12(18-9-11)15(21)24-2;/h3-4,6-7,9,13,16H,5,8,10H2,1-2H3;1H. The number of rotatable bonds is 4. The number of aryl methyl sites for hydroxylation is 1. The van der Waals surface area contributed by atoms with Gasteiger partial charge < -0.3 is 14.6 Å². The Balaban J connectivity index is 0.00000243. The molecule has 1 fully saturated rings. The lowest BCUT2D eigenvalue weighted by Gasteiger charge is -2.34. The largest absolute Gasteiger partial charge is 0.464 e. The van der Waals surface area contributed by atoms with Gasteiger partial charge in [-0.15, -0.1) is 12.4 Å². The van der Waals surface area contributed by atoms with Gasteiger partial charge in [0, 0.05) is 45.3 Å². The predicted octanol–water partition coefficient (Wildman–Crippen LogP) is 0.359. The Morgan fingerprint density at radius 2 is 2.12 bits per heavy atom. The Morgan fingerprint density at radius 3 is 2.69 bits per heavy atom. The first-order chi connectivity index (χ1) is 11.9. The van der Waals surface area contributed by atoms with E-state index < -0.39 is 22.0 Å². The summed E-state index contributed by atoms with van der Waals surface area (Å²) in [5, 5.41) is 3.20. The van der Waals surface area contributed by atoms with Crippen LogP contribution >= 0.6 is 12.4 Å². The second kappa shape index (κ2) is 8.12. The van der Waals surface area contributed by atoms with Crippen molar-refractivity contribution < 1.29 is 17.9 Å². The molecule has 11 heteroatoms. The van der Waals surface area contributed by atoms with Crippen molar-refractivity contribution in [2.75, 3.05) is 26.7 Å². The third-order valence-corrected chi connectivity index (χ3v) is 5.98. The van der Waals surface area contributed by atoms with E-state index in [0.29, 0.717) is 25.5 Å². The second-order valence-electron chi connectivity index (χ2n) is 5.60. The zero-order chi connectivity index (χ0) is 18.0. The first-order valence-electron chi connectivity index (χ1n) is 7.69. The van der Waals surface area contributed by atoms with Gasteiger partial charge in [0.05, 0.1) is 13.2 Å². The Labute approximate surface area is 157 Å². The first-order valence-corrected chi connectivity index (χ1v) is 9.13. The molecule has 0 saturated carbocycles. The molecule has 2 aromatic rings. The molecular formula is C15H20ClN5O4S. The number of nitrogens with one attached hydrogen (secondary N) is 1. The first kappa shape index (κ1) is 20.3. The maximum atomic E-state index is 13.1. The molecule has 1 N–H and O–H groups in total. The number of aromatic nitrogens is 3. The molecule has 9 nitrogen and oxygen atoms in total. The number of hydrogen-bond donors (Lipinski definition) is 1. The number of carbonyl (C=O) groups is 1. The zero-order valence-electron chi connectivity index (χ0n) is 14.3. The van der Waals surface area contributed by atoms with Crippen LogP contribution in [0.3, 0.4) is 0 Å². The van der Waals surface area contributed by atoms with Gasteiger partial charge in [-0.3, -0.25) is 0 Å². The molecule has 0 aliphatic carbocycles. The third kappa shape index (κ3) is 3.73. The number of esters is 1. The normalized spacial score (nSPS) is 18.2. The molecule has 3 rings (SSSR count). The number of halogens is 1. The Morgan fingerprint density at radius 1 is 1.35 bits per heavy atom. The highest BCUT2D eigenvalue weighted by Crippen LogP contribution is 2.27. The number of piperazine rings is 1. The summed E-state index contributed by atoms with van der Waals surface area (Å²) in [6.07, 6.45) is 4.60. The molecule has 0 radical (unpaired) electrons. The van der Waals surface area contributed by atoms with E-state index in [1.165, 1.54) is 29.7 Å². The van der Waals surface area contributed by atoms with Crippen molar-refractivity contribution in [3.8, 4) is 0 Å². The molecule has 26 heavy (non-hydrogen) atoms. The Bertz CT molecular complexity index is 868. The van der Waals surface area contributed by atoms with E-state index in [2.05, 4.69) is 20.0 Å². The van der Waals surface area contributed by atoms with E-state index in [0.717, 1.165) is 0 Å². The van der Waals surface area contributed by atoms with E-state index in [-0.39, 0.29) is 23.0 Å². The summed E-state index contributed by atoms with van der Waals surface area (Å²) < 4.78 is 33.9. The minimum absolute atomic E-state index is 0. The summed E-state index contributed by atoms with van der Waals surface area (Å²) in [6, 6.07) is 2.29. The zero-order valence-corrected chi connectivity index (χ0v) is 16.0. The van der Waals surface area contributed by atoms with Crippen LogP contribution in [0.4, 0.5) is 0 Å². The van der Waals surface area contributed by atoms with Crippen molar-refractivity contribution >= 4 is 28.4 Å². The van der Waals surface area contributed by atoms with Gasteiger partial charge >= 0.3 is 5.97 Å². The highest BCUT2D eigenvalue weighted by Gasteiger charge is 2.36. The topological polar surface area (TPSA) is 106 Å². The highest BCUT2D eigenvalue weighted by atomic mass is 35.5. The van der Waals surface area contributed by atoms with Crippen LogP contribution in [0.5, 0.6) is 0 Å². The number of nitrogens with zero attached hydrogens (tertiary/aromatic N) is 4. The van der Waals surface area contributed by atoms with Crippen molar-refractivity contribution in [1.29, 1.82) is 0 Å². The quantitative estimate of drug-likeness (QED) is 0.737. The lowest BCUT2D eigenvalue weighted by atomic mass is 10.2. The van der Waals surface area contributed by atoms with Crippen molar-refractivity contribution in [2.24, 2.45) is 7.05 Å². The van der Waals surface area contributed by atoms with Crippen LogP contribution < -0.4 is 5.32 Å². The van der Waals surface area contributed by atoms with E-state index in [1.54, 1.807) is 17.0 Å². The molecule has 1 saturated heterocycles. The Kier molecular flexibility index (Phi) is 6.34. The molecular weight excluding hydrogens is 382 g/mol. The molecule has 0 amide bonds. The molecule has 0 bridgehead atoms. The maximum Gasteiger partial charge on any atom is 0.356 e. The molecule has 0 aromatic carbocycles. The molecule has 2 aromatic heterocycles. The van der Waals surface area contributed by atoms with Crippen LogP contribution in [-0.4, -0.2) is 60.0 Å². The number of ether oxygens (including phenoxy) is 1. The van der Waals surface area contributed by atoms with E-state index in [9.17, 15) is 13.2 Å². The van der Waals surface area contributed by atoms with Gasteiger partial charge in [-0.05, 0) is 12.1 Å². The average Bonchev–Trinajstić information content (AvgIpc) is 3.07. The SMILES string of the molecule is COC(=O)c1ccc(S(=O)(=O)N2CCNCC2c2nccn2C)cn1.Cl. The number of pyridine rings is 1. The molecule has 1 aliphatic heterocycles. The maximum absolute atomic E-state index is 13.1. The minimum Gasteiger partial charge on any atom is -0.464 e. The lowest BCUT2D eigenvalue weighted by Crippen LogP contribution is -2.49. The van der Waals surface area contributed by atoms with Crippen LogP contribution in [-0.2, 0) is 21.8 Å². The lowest BCUT2D eigenvalue weighted by molar-refractivity contribution is 0.0594. The van der Waals surface area contributed by atoms with Gasteiger partial charge in [0.25, 0.3) is 0 Å². The van der Waals surface area contributed by atoms with Gasteiger partial charge in [0.2, 0.25) is 10.0 Å². The molecule has 0 spiro atoms. The molecule has 1 aliphatic rings. The van der Waals surface area contributed by atoms with Crippen molar-refractivity contribution in [2.45, 2.75) is 10.9 Å². The summed E-state index contributed by atoms with van der Waals surface area (Å²) >= 11 is 0. The Hall–Kier alpha value is -2.01. The number of methoxy groups -OCH3 is 1. The third-order valence-electron chi connectivity index (χ3n) is 4.09. The fraction of sp³-hybridized carbons (Fsp3) is 0.400. The van der Waals surface area contributed by atoms with Crippen LogP contribution in [0.1, 0.15) is 22.4 Å². The van der Waals surface area contributed by atoms with Crippen LogP contribution in [0.15, 0.2) is 35.6 Å². The average molecular weight is 402 g/mol. The number of hydrogen-bond acceptors (Lipinski definition) is 7. The van der Waals surface area contributed by atoms with Crippen molar-refractivity contribution in [3.05, 3.63) is 42.2 Å². The summed E-state index contributed by atoms with van der Waals surface area (Å²) in [5.74, 6) is 0.0481. The summed E-state index contributed by atoms with van der Waals surface area (Å²) in [7, 11) is -0.707. The van der Waals surface area contributed by atoms with Crippen molar-refractivity contribution in [1.82, 2.24) is 24.2 Å². The minimum atomic E-state index is -3.78. The van der Waals surface area contributed by atoms with Gasteiger partial charge in [-0.2, -0.15) is 4.31 Å². The fourth-order valence-electron chi connectivity index (χ4n) is 2.79. The fourth-order valence-corrected chi connectivity index (χ4v) is 4.32. The summed E-state index contributed by atoms with van der Waals surface area (Å²) in [6.45, 7) is 1.34. The molecule has 1 atom stereocenters. The predicted molar refractivity (Wildman–Crippen MR) is 95.5 cm³/mol. The van der Waals surface area contributed by atoms with E-state index in [4.69, 9.17) is 0 Å². The summed E-state index contributed by atoms with van der Waals surface area (Å²) in [5.41, 5.74) is 0.0578. The van der Waals surface area contributed by atoms with Crippen LogP contribution in [0, 0.1) is 0 Å². The van der Waals surface area contributed by atoms with Crippen LogP contribution in [0.25, 0.3) is 0 Å². The molecule has 142 valence electrons. The van der Waals surface area contributed by atoms with Gasteiger partial charge in [-0.1, -0.05) is 0 Å². The molecule has 3 heterocycles. The highest BCUT2D eigenvalue weighted by molar-refractivity contribution is 7.89. The smallest absolute Gasteiger partial charge is 0.356 e. The number of imidazole rings is 1. The van der Waals surface area contributed by atoms with Gasteiger partial charge in [0.1, 0.15) is 16.4 Å². The second-order valence-corrected chi connectivity index (χ2v) is 7.49. The van der Waals surface area contributed by atoms with E-state index in [1.807, 2.05) is 7.05 Å². The summed E-state index contributed by atoms with van der Waals surface area (Å²) in [4.78, 5) is 19.7. The van der Waals surface area contributed by atoms with Gasteiger partial charge in [0.15, 0.2) is 0 Å².